The molecule has 2 aromatic rings. The van der Waals surface area contributed by atoms with Crippen LogP contribution < -0.4 is 9.62 Å². The first-order valence-corrected chi connectivity index (χ1v) is 14.4. The lowest BCUT2D eigenvalue weighted by Crippen LogP contribution is -2.52. The molecular formula is C26H35Cl2N3O4S. The number of rotatable bonds is 11. The summed E-state index contributed by atoms with van der Waals surface area (Å²) in [6.07, 6.45) is 1.40. The van der Waals surface area contributed by atoms with Gasteiger partial charge >= 0.3 is 0 Å². The van der Waals surface area contributed by atoms with E-state index in [1.807, 2.05) is 33.8 Å². The van der Waals surface area contributed by atoms with Crippen molar-refractivity contribution in [3.8, 4) is 0 Å². The van der Waals surface area contributed by atoms with E-state index in [4.69, 9.17) is 23.2 Å². The Labute approximate surface area is 224 Å². The molecule has 0 bridgehead atoms. The molecule has 0 fully saturated rings. The van der Waals surface area contributed by atoms with Crippen molar-refractivity contribution < 1.29 is 18.0 Å². The van der Waals surface area contributed by atoms with Crippen LogP contribution in [-0.2, 0) is 26.2 Å². The van der Waals surface area contributed by atoms with Crippen LogP contribution in [0.15, 0.2) is 36.4 Å². The fraction of sp³-hybridized carbons (Fsp3) is 0.462. The minimum Gasteiger partial charge on any atom is -0.354 e. The zero-order valence-electron chi connectivity index (χ0n) is 21.6. The molecule has 2 amide bonds. The summed E-state index contributed by atoms with van der Waals surface area (Å²) in [6, 6.07) is 9.45. The number of anilines is 1. The summed E-state index contributed by atoms with van der Waals surface area (Å²) >= 11 is 12.4. The molecule has 1 N–H and O–H groups in total. The maximum Gasteiger partial charge on any atom is 0.244 e. The second kappa shape index (κ2) is 12.8. The molecule has 0 spiro atoms. The molecule has 1 atom stereocenters. The van der Waals surface area contributed by atoms with Gasteiger partial charge in [-0.25, -0.2) is 8.42 Å². The third-order valence-corrected chi connectivity index (χ3v) is 7.44. The summed E-state index contributed by atoms with van der Waals surface area (Å²) in [5.41, 5.74) is 2.71. The van der Waals surface area contributed by atoms with E-state index in [0.29, 0.717) is 34.3 Å². The molecule has 2 rings (SSSR count). The lowest BCUT2D eigenvalue weighted by molar-refractivity contribution is -0.140. The predicted octanol–water partition coefficient (Wildman–Crippen LogP) is 4.96. The summed E-state index contributed by atoms with van der Waals surface area (Å²) in [6.45, 7) is 9.49. The molecule has 0 saturated heterocycles. The second-order valence-corrected chi connectivity index (χ2v) is 12.1. The highest BCUT2D eigenvalue weighted by molar-refractivity contribution is 7.92. The van der Waals surface area contributed by atoms with Crippen LogP contribution >= 0.6 is 23.2 Å². The van der Waals surface area contributed by atoms with Crippen molar-refractivity contribution in [2.24, 2.45) is 5.92 Å². The van der Waals surface area contributed by atoms with Gasteiger partial charge in [0, 0.05) is 23.1 Å². The number of halogens is 2. The molecule has 36 heavy (non-hydrogen) atoms. The molecule has 0 aliphatic rings. The van der Waals surface area contributed by atoms with Crippen LogP contribution in [0.4, 0.5) is 5.69 Å². The Hall–Kier alpha value is -2.29. The summed E-state index contributed by atoms with van der Waals surface area (Å²) in [7, 11) is -3.80. The minimum absolute atomic E-state index is 0.0208. The maximum absolute atomic E-state index is 13.7. The average Bonchev–Trinajstić information content (AvgIpc) is 2.77. The number of hydrogen-bond donors (Lipinski definition) is 1. The Kier molecular flexibility index (Phi) is 10.6. The van der Waals surface area contributed by atoms with Gasteiger partial charge in [-0.05, 0) is 55.5 Å². The van der Waals surface area contributed by atoms with Gasteiger partial charge in [-0.15, -0.1) is 0 Å². The standard InChI is InChI=1S/C26H35Cl2N3O4S/c1-7-23(26(33)29-14-17(2)3)30(15-20-9-10-21(27)13-22(20)28)25(32)16-31(36(6,34)35)24-11-8-18(4)12-19(24)5/h8-13,17,23H,7,14-16H2,1-6H3,(H,29,33)/t23-/m0/s1. The van der Waals surface area contributed by atoms with Crippen molar-refractivity contribution in [1.82, 2.24) is 10.2 Å². The molecule has 0 unspecified atom stereocenters. The predicted molar refractivity (Wildman–Crippen MR) is 147 cm³/mol. The largest absolute Gasteiger partial charge is 0.354 e. The third-order valence-electron chi connectivity index (χ3n) is 5.73. The van der Waals surface area contributed by atoms with Crippen LogP contribution in [0.25, 0.3) is 0 Å². The molecule has 0 saturated carbocycles. The van der Waals surface area contributed by atoms with Crippen LogP contribution in [-0.4, -0.2) is 50.5 Å². The highest BCUT2D eigenvalue weighted by Crippen LogP contribution is 2.26. The molecule has 7 nitrogen and oxygen atoms in total. The average molecular weight is 557 g/mol. The summed E-state index contributed by atoms with van der Waals surface area (Å²) in [4.78, 5) is 28.3. The Morgan fingerprint density at radius 3 is 2.25 bits per heavy atom. The number of benzene rings is 2. The monoisotopic (exact) mass is 555 g/mol. The number of nitrogens with zero attached hydrogens (tertiary/aromatic N) is 2. The number of nitrogens with one attached hydrogen (secondary N) is 1. The quantitative estimate of drug-likeness (QED) is 0.424. The van der Waals surface area contributed by atoms with Gasteiger partial charge in [-0.3, -0.25) is 13.9 Å². The van der Waals surface area contributed by atoms with Crippen molar-refractivity contribution >= 4 is 50.7 Å². The van der Waals surface area contributed by atoms with Crippen molar-refractivity contribution in [3.63, 3.8) is 0 Å². The minimum atomic E-state index is -3.80. The summed E-state index contributed by atoms with van der Waals surface area (Å²) < 4.78 is 26.6. The van der Waals surface area contributed by atoms with Gasteiger partial charge < -0.3 is 10.2 Å². The Morgan fingerprint density at radius 2 is 1.72 bits per heavy atom. The highest BCUT2D eigenvalue weighted by atomic mass is 35.5. The number of amides is 2. The lowest BCUT2D eigenvalue weighted by Gasteiger charge is -2.33. The molecule has 0 aliphatic heterocycles. The number of hydrogen-bond acceptors (Lipinski definition) is 4. The fourth-order valence-electron chi connectivity index (χ4n) is 3.86. The Balaban J connectivity index is 2.49. The molecule has 0 aliphatic carbocycles. The molecule has 0 heterocycles. The normalized spacial score (nSPS) is 12.4. The van der Waals surface area contributed by atoms with Gasteiger partial charge in [0.2, 0.25) is 21.8 Å². The van der Waals surface area contributed by atoms with Crippen LogP contribution in [0, 0.1) is 19.8 Å². The van der Waals surface area contributed by atoms with Gasteiger partial charge in [0.15, 0.2) is 0 Å². The topological polar surface area (TPSA) is 86.8 Å². The maximum atomic E-state index is 13.7. The molecule has 2 aromatic carbocycles. The zero-order chi connectivity index (χ0) is 27.2. The molecular weight excluding hydrogens is 521 g/mol. The number of sulfonamides is 1. The van der Waals surface area contributed by atoms with Crippen LogP contribution in [0.5, 0.6) is 0 Å². The first-order valence-electron chi connectivity index (χ1n) is 11.8. The zero-order valence-corrected chi connectivity index (χ0v) is 24.0. The van der Waals surface area contributed by atoms with E-state index in [2.05, 4.69) is 5.32 Å². The molecule has 0 radical (unpaired) electrons. The van der Waals surface area contributed by atoms with E-state index >= 15 is 0 Å². The number of carbonyl (C=O) groups is 2. The van der Waals surface area contributed by atoms with Crippen molar-refractivity contribution in [1.29, 1.82) is 0 Å². The summed E-state index contributed by atoms with van der Waals surface area (Å²) in [5, 5.41) is 3.69. The van der Waals surface area contributed by atoms with E-state index in [1.54, 1.807) is 37.3 Å². The third kappa shape index (κ3) is 8.11. The van der Waals surface area contributed by atoms with Crippen molar-refractivity contribution in [2.75, 3.05) is 23.7 Å². The first kappa shape index (κ1) is 29.9. The molecule has 10 heteroatoms. The first-order chi connectivity index (χ1) is 16.7. The molecule has 198 valence electrons. The highest BCUT2D eigenvalue weighted by Gasteiger charge is 2.32. The van der Waals surface area contributed by atoms with Crippen LogP contribution in [0.2, 0.25) is 10.0 Å². The number of aryl methyl sites for hydroxylation is 2. The number of carbonyl (C=O) groups excluding carboxylic acids is 2. The van der Waals surface area contributed by atoms with E-state index in [9.17, 15) is 18.0 Å². The van der Waals surface area contributed by atoms with E-state index in [-0.39, 0.29) is 18.4 Å². The van der Waals surface area contributed by atoms with Gasteiger partial charge in [0.25, 0.3) is 0 Å². The smallest absolute Gasteiger partial charge is 0.244 e. The SMILES string of the molecule is CC[C@@H](C(=O)NCC(C)C)N(Cc1ccc(Cl)cc1Cl)C(=O)CN(c1ccc(C)cc1C)S(C)(=O)=O. The Morgan fingerprint density at radius 1 is 1.06 bits per heavy atom. The van der Waals surface area contributed by atoms with Crippen LogP contribution in [0.1, 0.15) is 43.9 Å². The van der Waals surface area contributed by atoms with E-state index in [1.165, 1.54) is 4.90 Å². The second-order valence-electron chi connectivity index (χ2n) is 9.38. The van der Waals surface area contributed by atoms with Gasteiger partial charge in [-0.1, -0.05) is 67.7 Å². The Bertz CT molecular complexity index is 1200. The van der Waals surface area contributed by atoms with Crippen molar-refractivity contribution in [3.05, 3.63) is 63.1 Å². The van der Waals surface area contributed by atoms with Crippen LogP contribution in [0.3, 0.4) is 0 Å². The van der Waals surface area contributed by atoms with Gasteiger partial charge in [0.05, 0.1) is 11.9 Å². The fourth-order valence-corrected chi connectivity index (χ4v) is 5.23. The van der Waals surface area contributed by atoms with Gasteiger partial charge in [0.1, 0.15) is 12.6 Å². The summed E-state index contributed by atoms with van der Waals surface area (Å²) in [5.74, 6) is -0.591. The van der Waals surface area contributed by atoms with Gasteiger partial charge in [-0.2, -0.15) is 0 Å². The molecule has 0 aromatic heterocycles. The van der Waals surface area contributed by atoms with Crippen molar-refractivity contribution in [2.45, 2.75) is 53.6 Å². The van der Waals surface area contributed by atoms with E-state index < -0.39 is 28.5 Å². The van der Waals surface area contributed by atoms with E-state index in [0.717, 1.165) is 21.7 Å². The lowest BCUT2D eigenvalue weighted by atomic mass is 10.1.